The van der Waals surface area contributed by atoms with Crippen molar-refractivity contribution in [2.24, 2.45) is 0 Å². The van der Waals surface area contributed by atoms with Crippen LogP contribution in [0.3, 0.4) is 0 Å². The van der Waals surface area contributed by atoms with E-state index in [1.54, 1.807) is 0 Å². The van der Waals surface area contributed by atoms with E-state index in [0.29, 0.717) is 0 Å². The summed E-state index contributed by atoms with van der Waals surface area (Å²) in [4.78, 5) is 10.9. The second-order valence-corrected chi connectivity index (χ2v) is 3.09. The Morgan fingerprint density at radius 1 is 1.53 bits per heavy atom. The molecule has 0 heterocycles. The van der Waals surface area contributed by atoms with Crippen LogP contribution in [0.25, 0.3) is 0 Å². The fraction of sp³-hybridized carbons (Fsp3) is 0.222. The van der Waals surface area contributed by atoms with Gasteiger partial charge in [0, 0.05) is 0 Å². The summed E-state index contributed by atoms with van der Waals surface area (Å²) in [5.41, 5.74) is -0.811. The number of aliphatic hydroxyl groups excluding tert-OH is 1. The van der Waals surface area contributed by atoms with Crippen LogP contribution < -0.4 is 0 Å². The number of carbonyl (C=O) groups excluding carboxylic acids is 1. The summed E-state index contributed by atoms with van der Waals surface area (Å²) in [7, 11) is 0.992. The molecule has 0 aliphatic rings. The molecule has 0 amide bonds. The van der Waals surface area contributed by atoms with Crippen LogP contribution in [0.15, 0.2) is 12.1 Å². The molecule has 1 rings (SSSR count). The van der Waals surface area contributed by atoms with Gasteiger partial charge in [-0.3, -0.25) is 0 Å². The van der Waals surface area contributed by atoms with E-state index in [2.05, 4.69) is 4.74 Å². The second kappa shape index (κ2) is 4.55. The van der Waals surface area contributed by atoms with E-state index in [9.17, 15) is 18.7 Å². The zero-order chi connectivity index (χ0) is 11.6. The van der Waals surface area contributed by atoms with Gasteiger partial charge in [0.2, 0.25) is 0 Å². The van der Waals surface area contributed by atoms with E-state index >= 15 is 0 Å². The molecule has 15 heavy (non-hydrogen) atoms. The lowest BCUT2D eigenvalue weighted by Crippen LogP contribution is -2.16. The lowest BCUT2D eigenvalue weighted by atomic mass is 10.1. The summed E-state index contributed by atoms with van der Waals surface area (Å²) < 4.78 is 30.5. The van der Waals surface area contributed by atoms with Gasteiger partial charge in [-0.1, -0.05) is 11.6 Å². The molecule has 0 radical (unpaired) electrons. The fourth-order valence-corrected chi connectivity index (χ4v) is 1.19. The zero-order valence-electron chi connectivity index (χ0n) is 7.63. The molecule has 0 fully saturated rings. The van der Waals surface area contributed by atoms with Crippen LogP contribution in [0.4, 0.5) is 8.78 Å². The van der Waals surface area contributed by atoms with Gasteiger partial charge in [-0.15, -0.1) is 0 Å². The topological polar surface area (TPSA) is 46.5 Å². The molecule has 6 heteroatoms. The predicted molar refractivity (Wildman–Crippen MR) is 48.3 cm³/mol. The summed E-state index contributed by atoms with van der Waals surface area (Å²) in [6.45, 7) is 0. The maximum Gasteiger partial charge on any atom is 0.339 e. The third-order valence-electron chi connectivity index (χ3n) is 1.78. The first kappa shape index (κ1) is 11.9. The minimum absolute atomic E-state index is 0.380. The highest BCUT2D eigenvalue weighted by atomic mass is 35.5. The third kappa shape index (κ3) is 2.24. The summed E-state index contributed by atoms with van der Waals surface area (Å²) in [5, 5.41) is 8.88. The van der Waals surface area contributed by atoms with E-state index in [1.807, 2.05) is 0 Å². The van der Waals surface area contributed by atoms with E-state index in [1.165, 1.54) is 0 Å². The predicted octanol–water partition coefficient (Wildman–Crippen LogP) is 1.82. The molecule has 1 atom stereocenters. The summed E-state index contributed by atoms with van der Waals surface area (Å²) in [5.74, 6) is -3.39. The zero-order valence-corrected chi connectivity index (χ0v) is 8.39. The van der Waals surface area contributed by atoms with E-state index in [4.69, 9.17) is 11.6 Å². The molecule has 82 valence electrons. The van der Waals surface area contributed by atoms with Gasteiger partial charge in [0.25, 0.3) is 0 Å². The summed E-state index contributed by atoms with van der Waals surface area (Å²) >= 11 is 5.37. The molecular formula is C9H7ClF2O3. The SMILES string of the molecule is COC(=O)C(O)c1c(F)ccc(Cl)c1F. The Morgan fingerprint density at radius 3 is 2.67 bits per heavy atom. The van der Waals surface area contributed by atoms with Crippen molar-refractivity contribution in [1.82, 2.24) is 0 Å². The molecule has 1 aromatic carbocycles. The number of ether oxygens (including phenoxy) is 1. The first-order valence-corrected chi connectivity index (χ1v) is 4.26. The number of benzene rings is 1. The molecular weight excluding hydrogens is 230 g/mol. The van der Waals surface area contributed by atoms with Crippen LogP contribution in [0, 0.1) is 11.6 Å². The van der Waals surface area contributed by atoms with Crippen molar-refractivity contribution in [3.05, 3.63) is 34.4 Å². The Balaban J connectivity index is 3.24. The highest BCUT2D eigenvalue weighted by Crippen LogP contribution is 2.26. The maximum atomic E-state index is 13.3. The molecule has 0 saturated heterocycles. The number of hydrogen-bond acceptors (Lipinski definition) is 3. The lowest BCUT2D eigenvalue weighted by molar-refractivity contribution is -0.151. The number of hydrogen-bond donors (Lipinski definition) is 1. The van der Waals surface area contributed by atoms with Crippen molar-refractivity contribution in [2.75, 3.05) is 7.11 Å². The van der Waals surface area contributed by atoms with Gasteiger partial charge in [0.1, 0.15) is 5.82 Å². The molecule has 0 aliphatic carbocycles. The number of esters is 1. The van der Waals surface area contributed by atoms with Gasteiger partial charge >= 0.3 is 5.97 Å². The number of carbonyl (C=O) groups is 1. The molecule has 0 saturated carbocycles. The Morgan fingerprint density at radius 2 is 2.13 bits per heavy atom. The number of rotatable bonds is 2. The third-order valence-corrected chi connectivity index (χ3v) is 2.07. The fourth-order valence-electron chi connectivity index (χ4n) is 1.02. The molecule has 0 bridgehead atoms. The van der Waals surface area contributed by atoms with Crippen LogP contribution in [-0.2, 0) is 9.53 Å². The van der Waals surface area contributed by atoms with Gasteiger partial charge in [-0.25, -0.2) is 13.6 Å². The van der Waals surface area contributed by atoms with Crippen molar-refractivity contribution >= 4 is 17.6 Å². The smallest absolute Gasteiger partial charge is 0.339 e. The minimum atomic E-state index is -2.02. The maximum absolute atomic E-state index is 13.3. The van der Waals surface area contributed by atoms with Crippen molar-refractivity contribution in [3.63, 3.8) is 0 Å². The summed E-state index contributed by atoms with van der Waals surface area (Å²) in [6, 6.07) is 1.84. The molecule has 1 unspecified atom stereocenters. The van der Waals surface area contributed by atoms with Crippen molar-refractivity contribution in [2.45, 2.75) is 6.10 Å². The average molecular weight is 237 g/mol. The van der Waals surface area contributed by atoms with Gasteiger partial charge in [0.15, 0.2) is 11.9 Å². The average Bonchev–Trinajstić information content (AvgIpc) is 2.22. The Hall–Kier alpha value is -1.20. The lowest BCUT2D eigenvalue weighted by Gasteiger charge is -2.11. The van der Waals surface area contributed by atoms with E-state index < -0.39 is 29.3 Å². The molecule has 0 aliphatic heterocycles. The van der Waals surface area contributed by atoms with Crippen LogP contribution in [0.1, 0.15) is 11.7 Å². The normalized spacial score (nSPS) is 12.3. The van der Waals surface area contributed by atoms with Crippen LogP contribution in [0.5, 0.6) is 0 Å². The Kier molecular flexibility index (Phi) is 3.60. The molecule has 1 N–H and O–H groups in total. The molecule has 3 nitrogen and oxygen atoms in total. The number of aliphatic hydroxyl groups is 1. The van der Waals surface area contributed by atoms with Gasteiger partial charge in [-0.05, 0) is 12.1 Å². The highest BCUT2D eigenvalue weighted by Gasteiger charge is 2.26. The minimum Gasteiger partial charge on any atom is -0.467 e. The first-order valence-electron chi connectivity index (χ1n) is 3.88. The molecule has 0 spiro atoms. The number of methoxy groups -OCH3 is 1. The van der Waals surface area contributed by atoms with Crippen LogP contribution >= 0.6 is 11.6 Å². The second-order valence-electron chi connectivity index (χ2n) is 2.68. The van der Waals surface area contributed by atoms with Gasteiger partial charge in [-0.2, -0.15) is 0 Å². The quantitative estimate of drug-likeness (QED) is 0.629. The number of halogens is 3. The van der Waals surface area contributed by atoms with Crippen LogP contribution in [0.2, 0.25) is 5.02 Å². The molecule has 1 aromatic rings. The van der Waals surface area contributed by atoms with E-state index in [0.717, 1.165) is 19.2 Å². The van der Waals surface area contributed by atoms with Crippen molar-refractivity contribution in [3.8, 4) is 0 Å². The largest absolute Gasteiger partial charge is 0.467 e. The Bertz CT molecular complexity index is 395. The first-order chi connectivity index (χ1) is 6.99. The Labute approximate surface area is 89.2 Å². The van der Waals surface area contributed by atoms with E-state index in [-0.39, 0.29) is 5.02 Å². The highest BCUT2D eigenvalue weighted by molar-refractivity contribution is 6.30. The van der Waals surface area contributed by atoms with Gasteiger partial charge in [0.05, 0.1) is 17.7 Å². The van der Waals surface area contributed by atoms with Gasteiger partial charge < -0.3 is 9.84 Å². The summed E-state index contributed by atoms with van der Waals surface area (Å²) in [6.07, 6.45) is -2.02. The molecule has 0 aromatic heterocycles. The standard InChI is InChI=1S/C9H7ClF2O3/c1-15-9(14)8(13)6-5(11)3-2-4(10)7(6)12/h2-3,8,13H,1H3. The monoisotopic (exact) mass is 236 g/mol. The van der Waals surface area contributed by atoms with Crippen LogP contribution in [-0.4, -0.2) is 18.2 Å². The van der Waals surface area contributed by atoms with Crippen molar-refractivity contribution in [1.29, 1.82) is 0 Å². The van der Waals surface area contributed by atoms with Crippen molar-refractivity contribution < 1.29 is 23.4 Å².